The van der Waals surface area contributed by atoms with Crippen LogP contribution >= 0.6 is 0 Å². The first kappa shape index (κ1) is 12.6. The maximum Gasteiger partial charge on any atom is 0.307 e. The van der Waals surface area contributed by atoms with Crippen LogP contribution in [0.1, 0.15) is 5.56 Å². The van der Waals surface area contributed by atoms with Gasteiger partial charge in [0, 0.05) is 0 Å². The Kier molecular flexibility index (Phi) is 3.59. The third kappa shape index (κ3) is 3.94. The first-order chi connectivity index (χ1) is 7.28. The Balaban J connectivity index is 2.87. The van der Waals surface area contributed by atoms with Crippen LogP contribution in [0.4, 0.5) is 5.69 Å². The van der Waals surface area contributed by atoms with Gasteiger partial charge in [-0.05, 0) is 37.3 Å². The number of hydrogen-bond donors (Lipinski definition) is 2. The normalized spacial score (nSPS) is 11.2. The van der Waals surface area contributed by atoms with Crippen molar-refractivity contribution in [1.82, 2.24) is 0 Å². The zero-order valence-electron chi connectivity index (χ0n) is 9.78. The third-order valence-electron chi connectivity index (χ3n) is 1.85. The molecule has 88 valence electrons. The lowest BCUT2D eigenvalue weighted by molar-refractivity contribution is -0.136. The van der Waals surface area contributed by atoms with Crippen molar-refractivity contribution in [3.8, 4) is 5.75 Å². The third-order valence-corrected chi connectivity index (χ3v) is 2.68. The fourth-order valence-corrected chi connectivity index (χ4v) is 2.15. The number of carboxylic acids is 1. The molecule has 16 heavy (non-hydrogen) atoms. The number of nitrogens with two attached hydrogens (primary N) is 1. The van der Waals surface area contributed by atoms with Gasteiger partial charge in [-0.1, -0.05) is 6.07 Å². The van der Waals surface area contributed by atoms with Crippen molar-refractivity contribution >= 4 is 20.0 Å². The molecule has 1 aromatic carbocycles. The minimum absolute atomic E-state index is 0.0164. The van der Waals surface area contributed by atoms with E-state index in [9.17, 15) is 4.79 Å². The number of aliphatic carboxylic acids is 1. The van der Waals surface area contributed by atoms with Crippen LogP contribution in [0.5, 0.6) is 5.75 Å². The van der Waals surface area contributed by atoms with Gasteiger partial charge in [0.1, 0.15) is 5.75 Å². The van der Waals surface area contributed by atoms with Crippen molar-refractivity contribution < 1.29 is 14.3 Å². The molecule has 0 fully saturated rings. The van der Waals surface area contributed by atoms with E-state index in [0.717, 1.165) is 0 Å². The molecule has 4 nitrogen and oxygen atoms in total. The minimum atomic E-state index is -1.68. The van der Waals surface area contributed by atoms with Crippen LogP contribution in [-0.4, -0.2) is 19.4 Å². The summed E-state index contributed by atoms with van der Waals surface area (Å²) in [4.78, 5) is 10.5. The molecule has 1 rings (SSSR count). The van der Waals surface area contributed by atoms with E-state index in [0.29, 0.717) is 17.0 Å². The summed E-state index contributed by atoms with van der Waals surface area (Å²) in [6, 6.07) is 5.13. The Morgan fingerprint density at radius 1 is 1.44 bits per heavy atom. The molecule has 5 heteroatoms. The first-order valence-electron chi connectivity index (χ1n) is 5.07. The molecular weight excluding hydrogens is 222 g/mol. The highest BCUT2D eigenvalue weighted by Crippen LogP contribution is 2.25. The van der Waals surface area contributed by atoms with E-state index < -0.39 is 14.3 Å². The van der Waals surface area contributed by atoms with Gasteiger partial charge in [0.05, 0.1) is 12.1 Å². The van der Waals surface area contributed by atoms with Crippen molar-refractivity contribution in [2.24, 2.45) is 0 Å². The van der Waals surface area contributed by atoms with Gasteiger partial charge in [0.2, 0.25) is 8.32 Å². The van der Waals surface area contributed by atoms with Crippen molar-refractivity contribution in [2.45, 2.75) is 26.1 Å². The minimum Gasteiger partial charge on any atom is -0.543 e. The standard InChI is InChI=1S/C11H17NO3Si/c1-16(2,3)15-10-5-4-8(6-9(10)12)7-11(13)14/h4-6H,7,12H2,1-3H3,(H,13,14). The molecule has 0 radical (unpaired) electrons. The number of hydrogen-bond acceptors (Lipinski definition) is 3. The molecule has 0 unspecified atom stereocenters. The smallest absolute Gasteiger partial charge is 0.307 e. The predicted molar refractivity (Wildman–Crippen MR) is 66.2 cm³/mol. The highest BCUT2D eigenvalue weighted by atomic mass is 28.4. The second kappa shape index (κ2) is 4.57. The molecule has 0 saturated carbocycles. The number of nitrogen functional groups attached to an aromatic ring is 1. The molecule has 0 aliphatic carbocycles. The van der Waals surface area contributed by atoms with Gasteiger partial charge in [0.15, 0.2) is 0 Å². The molecule has 0 spiro atoms. The zero-order valence-corrected chi connectivity index (χ0v) is 10.8. The lowest BCUT2D eigenvalue weighted by atomic mass is 10.1. The zero-order chi connectivity index (χ0) is 12.3. The SMILES string of the molecule is C[Si](C)(C)Oc1ccc(CC(=O)O)cc1N. The summed E-state index contributed by atoms with van der Waals surface area (Å²) in [5, 5.41) is 8.65. The summed E-state index contributed by atoms with van der Waals surface area (Å²) in [5.74, 6) is -0.216. The second-order valence-electron chi connectivity index (χ2n) is 4.66. The summed E-state index contributed by atoms with van der Waals surface area (Å²) < 4.78 is 5.76. The topological polar surface area (TPSA) is 72.5 Å². The van der Waals surface area contributed by atoms with Crippen LogP contribution in [0.3, 0.4) is 0 Å². The van der Waals surface area contributed by atoms with Gasteiger partial charge in [-0.3, -0.25) is 4.79 Å². The van der Waals surface area contributed by atoms with Crippen molar-refractivity contribution in [1.29, 1.82) is 0 Å². The summed E-state index contributed by atoms with van der Waals surface area (Å²) in [5.41, 5.74) is 7.00. The molecule has 0 atom stereocenters. The molecule has 0 saturated heterocycles. The van der Waals surface area contributed by atoms with Crippen LogP contribution < -0.4 is 10.2 Å². The molecule has 0 heterocycles. The van der Waals surface area contributed by atoms with Gasteiger partial charge in [-0.25, -0.2) is 0 Å². The largest absolute Gasteiger partial charge is 0.543 e. The van der Waals surface area contributed by atoms with Crippen molar-refractivity contribution in [3.05, 3.63) is 23.8 Å². The lowest BCUT2D eigenvalue weighted by Gasteiger charge is -2.20. The summed E-state index contributed by atoms with van der Waals surface area (Å²) in [6.45, 7) is 6.20. The quantitative estimate of drug-likeness (QED) is 0.623. The van der Waals surface area contributed by atoms with Crippen LogP contribution in [-0.2, 0) is 11.2 Å². The Labute approximate surface area is 96.2 Å². The first-order valence-corrected chi connectivity index (χ1v) is 8.48. The van der Waals surface area contributed by atoms with E-state index >= 15 is 0 Å². The number of rotatable bonds is 4. The van der Waals surface area contributed by atoms with E-state index in [2.05, 4.69) is 19.6 Å². The van der Waals surface area contributed by atoms with Crippen LogP contribution in [0, 0.1) is 0 Å². The number of carboxylic acid groups (broad SMARTS) is 1. The Morgan fingerprint density at radius 2 is 2.06 bits per heavy atom. The van der Waals surface area contributed by atoms with Gasteiger partial charge < -0.3 is 15.3 Å². The molecule has 0 aliphatic heterocycles. The number of carbonyl (C=O) groups is 1. The summed E-state index contributed by atoms with van der Waals surface area (Å²) >= 11 is 0. The number of anilines is 1. The Hall–Kier alpha value is -1.49. The van der Waals surface area contributed by atoms with Gasteiger partial charge in [-0.15, -0.1) is 0 Å². The van der Waals surface area contributed by atoms with Crippen molar-refractivity contribution in [2.75, 3.05) is 5.73 Å². The fraction of sp³-hybridized carbons (Fsp3) is 0.364. The molecule has 0 amide bonds. The average Bonchev–Trinajstić information content (AvgIpc) is 2.06. The van der Waals surface area contributed by atoms with E-state index in [1.54, 1.807) is 18.2 Å². The van der Waals surface area contributed by atoms with Crippen molar-refractivity contribution in [3.63, 3.8) is 0 Å². The monoisotopic (exact) mass is 239 g/mol. The van der Waals surface area contributed by atoms with Crippen LogP contribution in [0.2, 0.25) is 19.6 Å². The Bertz CT molecular complexity index is 399. The average molecular weight is 239 g/mol. The maximum absolute atomic E-state index is 10.5. The van der Waals surface area contributed by atoms with Gasteiger partial charge in [0.25, 0.3) is 0 Å². The maximum atomic E-state index is 10.5. The number of benzene rings is 1. The van der Waals surface area contributed by atoms with E-state index in [4.69, 9.17) is 15.3 Å². The highest BCUT2D eigenvalue weighted by molar-refractivity contribution is 6.70. The van der Waals surface area contributed by atoms with Gasteiger partial charge in [-0.2, -0.15) is 0 Å². The van der Waals surface area contributed by atoms with E-state index in [1.165, 1.54) is 0 Å². The fourth-order valence-electron chi connectivity index (χ4n) is 1.31. The Morgan fingerprint density at radius 3 is 2.50 bits per heavy atom. The highest BCUT2D eigenvalue weighted by Gasteiger charge is 2.17. The second-order valence-corrected chi connectivity index (χ2v) is 9.09. The molecule has 0 aromatic heterocycles. The molecule has 3 N–H and O–H groups in total. The van der Waals surface area contributed by atoms with Gasteiger partial charge >= 0.3 is 5.97 Å². The lowest BCUT2D eigenvalue weighted by Crippen LogP contribution is -2.29. The van der Waals surface area contributed by atoms with Crippen LogP contribution in [0.15, 0.2) is 18.2 Å². The van der Waals surface area contributed by atoms with E-state index in [-0.39, 0.29) is 6.42 Å². The molecular formula is C11H17NO3Si. The molecule has 0 bridgehead atoms. The molecule has 0 aliphatic rings. The summed E-state index contributed by atoms with van der Waals surface area (Å²) in [7, 11) is -1.68. The predicted octanol–water partition coefficient (Wildman–Crippen LogP) is 2.11. The summed E-state index contributed by atoms with van der Waals surface area (Å²) in [6.07, 6.45) is -0.0164. The molecule has 1 aromatic rings. The van der Waals surface area contributed by atoms with E-state index in [1.807, 2.05) is 0 Å². The van der Waals surface area contributed by atoms with Crippen LogP contribution in [0.25, 0.3) is 0 Å².